The van der Waals surface area contributed by atoms with E-state index in [0.29, 0.717) is 25.3 Å². The van der Waals surface area contributed by atoms with Gasteiger partial charge in [0.25, 0.3) is 0 Å². The number of carbonyl (C=O) groups excluding carboxylic acids is 1. The average molecular weight is 356 g/mol. The van der Waals surface area contributed by atoms with Crippen LogP contribution in [-0.4, -0.2) is 40.2 Å². The highest BCUT2D eigenvalue weighted by Crippen LogP contribution is 2.32. The number of rotatable bonds is 6. The van der Waals surface area contributed by atoms with E-state index >= 15 is 0 Å². The van der Waals surface area contributed by atoms with E-state index in [1.54, 1.807) is 18.3 Å². The van der Waals surface area contributed by atoms with E-state index in [4.69, 9.17) is 0 Å². The lowest BCUT2D eigenvalue weighted by molar-refractivity contribution is -0.133. The van der Waals surface area contributed by atoms with Gasteiger partial charge in [0, 0.05) is 38.6 Å². The minimum Gasteiger partial charge on any atom is -0.354 e. The summed E-state index contributed by atoms with van der Waals surface area (Å²) < 4.78 is 15.2. The highest BCUT2D eigenvalue weighted by atomic mass is 19.1. The van der Waals surface area contributed by atoms with Gasteiger partial charge in [-0.05, 0) is 55.4 Å². The van der Waals surface area contributed by atoms with Crippen LogP contribution in [0.15, 0.2) is 42.7 Å². The average Bonchev–Trinajstić information content (AvgIpc) is 3.31. The molecule has 1 aromatic heterocycles. The number of likely N-dealkylation sites (tertiary alicyclic amines) is 1. The van der Waals surface area contributed by atoms with Crippen molar-refractivity contribution in [3.8, 4) is 0 Å². The van der Waals surface area contributed by atoms with Gasteiger partial charge >= 0.3 is 0 Å². The Morgan fingerprint density at radius 1 is 1.27 bits per heavy atom. The van der Waals surface area contributed by atoms with Gasteiger partial charge in [-0.1, -0.05) is 12.1 Å². The van der Waals surface area contributed by atoms with Gasteiger partial charge in [0.2, 0.25) is 5.91 Å². The topological polar surface area (TPSA) is 50.2 Å². The Labute approximate surface area is 153 Å². The van der Waals surface area contributed by atoms with Gasteiger partial charge < -0.3 is 5.32 Å². The molecule has 1 N–H and O–H groups in total. The van der Waals surface area contributed by atoms with Crippen molar-refractivity contribution in [1.82, 2.24) is 20.0 Å². The lowest BCUT2D eigenvalue weighted by Crippen LogP contribution is -2.55. The van der Waals surface area contributed by atoms with Crippen LogP contribution in [0.2, 0.25) is 0 Å². The van der Waals surface area contributed by atoms with Gasteiger partial charge in [-0.15, -0.1) is 0 Å². The number of nitrogens with one attached hydrogen (secondary N) is 1. The molecule has 138 valence electrons. The Morgan fingerprint density at radius 3 is 2.73 bits per heavy atom. The largest absolute Gasteiger partial charge is 0.354 e. The fourth-order valence-electron chi connectivity index (χ4n) is 3.78. The lowest BCUT2D eigenvalue weighted by atomic mass is 9.86. The van der Waals surface area contributed by atoms with E-state index in [2.05, 4.69) is 15.3 Å². The van der Waals surface area contributed by atoms with Gasteiger partial charge in [0.1, 0.15) is 11.4 Å². The molecule has 1 aliphatic heterocycles. The lowest BCUT2D eigenvalue weighted by Gasteiger charge is -2.40. The Hall–Kier alpha value is -2.21. The zero-order valence-electron chi connectivity index (χ0n) is 14.9. The van der Waals surface area contributed by atoms with E-state index in [1.165, 1.54) is 18.9 Å². The third-order valence-electron chi connectivity index (χ3n) is 5.59. The predicted octanol–water partition coefficient (Wildman–Crippen LogP) is 2.54. The summed E-state index contributed by atoms with van der Waals surface area (Å²) in [4.78, 5) is 15.3. The maximum Gasteiger partial charge on any atom is 0.248 e. The first-order valence-electron chi connectivity index (χ1n) is 9.41. The van der Waals surface area contributed by atoms with Crippen molar-refractivity contribution < 1.29 is 9.18 Å². The normalized spacial score (nSPS) is 20.0. The molecule has 26 heavy (non-hydrogen) atoms. The number of hydrogen-bond acceptors (Lipinski definition) is 3. The zero-order valence-corrected chi connectivity index (χ0v) is 14.9. The molecule has 1 saturated carbocycles. The van der Waals surface area contributed by atoms with Crippen LogP contribution in [0.4, 0.5) is 4.39 Å². The van der Waals surface area contributed by atoms with E-state index in [9.17, 15) is 9.18 Å². The number of carbonyl (C=O) groups is 1. The molecule has 1 aliphatic carbocycles. The molecule has 2 fully saturated rings. The molecule has 0 radical (unpaired) electrons. The summed E-state index contributed by atoms with van der Waals surface area (Å²) in [5.41, 5.74) is 0.353. The van der Waals surface area contributed by atoms with Crippen molar-refractivity contribution in [2.24, 2.45) is 5.92 Å². The number of aromatic nitrogens is 2. The van der Waals surface area contributed by atoms with Gasteiger partial charge in [-0.2, -0.15) is 5.10 Å². The standard InChI is InChI=1S/C20H25FN4O/c21-18-4-1-3-17(13-18)15-24-11-7-20(8-12-24,25-10-2-9-23-25)19(26)22-14-16-5-6-16/h1-4,9-10,13,16H,5-8,11-12,14-15H2,(H,22,26). The summed E-state index contributed by atoms with van der Waals surface area (Å²) in [5, 5.41) is 7.53. The first-order valence-corrected chi connectivity index (χ1v) is 9.41. The van der Waals surface area contributed by atoms with Crippen molar-refractivity contribution in [3.05, 3.63) is 54.1 Å². The molecular formula is C20H25FN4O. The van der Waals surface area contributed by atoms with Crippen LogP contribution in [0.25, 0.3) is 0 Å². The van der Waals surface area contributed by atoms with Crippen molar-refractivity contribution >= 4 is 5.91 Å². The number of halogens is 1. The zero-order chi connectivity index (χ0) is 18.0. The molecule has 1 aromatic carbocycles. The van der Waals surface area contributed by atoms with Crippen LogP contribution >= 0.6 is 0 Å². The van der Waals surface area contributed by atoms with Crippen LogP contribution in [0, 0.1) is 11.7 Å². The molecule has 0 atom stereocenters. The smallest absolute Gasteiger partial charge is 0.248 e. The van der Waals surface area contributed by atoms with Crippen LogP contribution < -0.4 is 5.32 Å². The number of amides is 1. The predicted molar refractivity (Wildman–Crippen MR) is 96.8 cm³/mol. The second-order valence-electron chi connectivity index (χ2n) is 7.54. The Bertz CT molecular complexity index is 749. The number of benzene rings is 1. The van der Waals surface area contributed by atoms with Crippen LogP contribution in [-0.2, 0) is 16.9 Å². The summed E-state index contributed by atoms with van der Waals surface area (Å²) in [6.07, 6.45) is 7.47. The molecule has 5 nitrogen and oxygen atoms in total. The van der Waals surface area contributed by atoms with Gasteiger partial charge in [0.15, 0.2) is 0 Å². The second kappa shape index (κ2) is 7.19. The van der Waals surface area contributed by atoms with Gasteiger partial charge in [0.05, 0.1) is 0 Å². The molecular weight excluding hydrogens is 331 g/mol. The van der Waals surface area contributed by atoms with Gasteiger partial charge in [-0.3, -0.25) is 14.4 Å². The van der Waals surface area contributed by atoms with Crippen LogP contribution in [0.1, 0.15) is 31.2 Å². The SMILES string of the molecule is O=C(NCC1CC1)C1(n2cccn2)CCN(Cc2cccc(F)c2)CC1. The minimum atomic E-state index is -0.614. The maximum absolute atomic E-state index is 13.4. The highest BCUT2D eigenvalue weighted by Gasteiger charge is 2.44. The summed E-state index contributed by atoms with van der Waals surface area (Å²) >= 11 is 0. The van der Waals surface area contributed by atoms with E-state index < -0.39 is 5.54 Å². The summed E-state index contributed by atoms with van der Waals surface area (Å²) in [6.45, 7) is 3.05. The van der Waals surface area contributed by atoms with Crippen LogP contribution in [0.5, 0.6) is 0 Å². The van der Waals surface area contributed by atoms with Crippen molar-refractivity contribution in [3.63, 3.8) is 0 Å². The quantitative estimate of drug-likeness (QED) is 0.865. The molecule has 1 saturated heterocycles. The molecule has 4 rings (SSSR count). The molecule has 0 bridgehead atoms. The Kier molecular flexibility index (Phi) is 4.76. The fraction of sp³-hybridized carbons (Fsp3) is 0.500. The summed E-state index contributed by atoms with van der Waals surface area (Å²) in [7, 11) is 0. The first-order chi connectivity index (χ1) is 12.7. The third-order valence-corrected chi connectivity index (χ3v) is 5.59. The monoisotopic (exact) mass is 356 g/mol. The first kappa shape index (κ1) is 17.2. The van der Waals surface area contributed by atoms with E-state index in [0.717, 1.165) is 25.2 Å². The highest BCUT2D eigenvalue weighted by molar-refractivity contribution is 5.84. The molecule has 2 aliphatic rings. The molecule has 1 amide bonds. The Morgan fingerprint density at radius 2 is 2.08 bits per heavy atom. The molecule has 6 heteroatoms. The Balaban J connectivity index is 1.44. The third kappa shape index (κ3) is 3.65. The van der Waals surface area contributed by atoms with Crippen molar-refractivity contribution in [1.29, 1.82) is 0 Å². The summed E-state index contributed by atoms with van der Waals surface area (Å²) in [5.74, 6) is 0.532. The van der Waals surface area contributed by atoms with Crippen molar-refractivity contribution in [2.75, 3.05) is 19.6 Å². The molecule has 2 heterocycles. The second-order valence-corrected chi connectivity index (χ2v) is 7.54. The van der Waals surface area contributed by atoms with Gasteiger partial charge in [-0.25, -0.2) is 4.39 Å². The van der Waals surface area contributed by atoms with Crippen LogP contribution in [0.3, 0.4) is 0 Å². The van der Waals surface area contributed by atoms with E-state index in [-0.39, 0.29) is 11.7 Å². The number of nitrogens with zero attached hydrogens (tertiary/aromatic N) is 3. The fourth-order valence-corrected chi connectivity index (χ4v) is 3.78. The molecule has 0 unspecified atom stereocenters. The van der Waals surface area contributed by atoms with Crippen molar-refractivity contribution in [2.45, 2.75) is 37.8 Å². The minimum absolute atomic E-state index is 0.0819. The summed E-state index contributed by atoms with van der Waals surface area (Å²) in [6, 6.07) is 8.61. The number of piperidine rings is 1. The molecule has 0 spiro atoms. The maximum atomic E-state index is 13.4. The molecule has 2 aromatic rings. The van der Waals surface area contributed by atoms with E-state index in [1.807, 2.05) is 23.0 Å². The number of hydrogen-bond donors (Lipinski definition) is 1.